The fraction of sp³-hybridized carbons (Fsp3) is 0.348. The molecule has 3 aromatic heterocycles. The summed E-state index contributed by atoms with van der Waals surface area (Å²) in [7, 11) is 1.39. The van der Waals surface area contributed by atoms with Gasteiger partial charge < -0.3 is 14.6 Å². The number of hydrogen-bond acceptors (Lipinski definition) is 6. The maximum Gasteiger partial charge on any atom is 0.338 e. The molecule has 3 heterocycles. The third-order valence-corrected chi connectivity index (χ3v) is 5.92. The van der Waals surface area contributed by atoms with E-state index in [4.69, 9.17) is 14.2 Å². The minimum absolute atomic E-state index is 0.370. The van der Waals surface area contributed by atoms with Gasteiger partial charge in [-0.15, -0.1) is 0 Å². The van der Waals surface area contributed by atoms with E-state index in [1.54, 1.807) is 12.1 Å². The maximum absolute atomic E-state index is 12.0. The monoisotopic (exact) mass is 404 g/mol. The summed E-state index contributed by atoms with van der Waals surface area (Å²) in [5.41, 5.74) is 4.63. The van der Waals surface area contributed by atoms with Crippen LogP contribution in [-0.2, 0) is 4.74 Å². The molecule has 0 unspecified atom stereocenters. The first kappa shape index (κ1) is 18.7. The zero-order chi connectivity index (χ0) is 20.7. The van der Waals surface area contributed by atoms with Gasteiger partial charge in [-0.2, -0.15) is 0 Å². The number of rotatable bonds is 4. The SMILES string of the molecule is COC(=O)c1ccn2c(NC3CCCCC3)c(-c3ccc4onc(C)c4c3)nc2c1. The fourth-order valence-corrected chi connectivity index (χ4v) is 4.28. The number of carbonyl (C=O) groups excluding carboxylic acids is 1. The van der Waals surface area contributed by atoms with Crippen LogP contribution in [0.1, 0.15) is 48.2 Å². The lowest BCUT2D eigenvalue weighted by Crippen LogP contribution is -2.23. The third kappa shape index (κ3) is 3.20. The summed E-state index contributed by atoms with van der Waals surface area (Å²) in [6.45, 7) is 1.93. The van der Waals surface area contributed by atoms with Gasteiger partial charge in [0.15, 0.2) is 5.58 Å². The van der Waals surface area contributed by atoms with Crippen LogP contribution < -0.4 is 5.32 Å². The van der Waals surface area contributed by atoms with Gasteiger partial charge >= 0.3 is 5.97 Å². The summed E-state index contributed by atoms with van der Waals surface area (Å²) in [6.07, 6.45) is 7.95. The Morgan fingerprint density at radius 1 is 1.20 bits per heavy atom. The molecule has 0 aliphatic heterocycles. The molecule has 1 N–H and O–H groups in total. The van der Waals surface area contributed by atoms with E-state index in [2.05, 4.69) is 16.5 Å². The molecule has 30 heavy (non-hydrogen) atoms. The number of esters is 1. The van der Waals surface area contributed by atoms with Gasteiger partial charge in [0, 0.05) is 23.2 Å². The number of hydrogen-bond donors (Lipinski definition) is 1. The molecular formula is C23H24N4O3. The molecule has 1 saturated carbocycles. The largest absolute Gasteiger partial charge is 0.465 e. The highest BCUT2D eigenvalue weighted by atomic mass is 16.5. The Morgan fingerprint density at radius 2 is 2.03 bits per heavy atom. The first-order chi connectivity index (χ1) is 14.6. The summed E-state index contributed by atoms with van der Waals surface area (Å²) >= 11 is 0. The van der Waals surface area contributed by atoms with Gasteiger partial charge in [-0.05, 0) is 50.1 Å². The number of methoxy groups -OCH3 is 1. The van der Waals surface area contributed by atoms with Crippen molar-refractivity contribution in [3.63, 3.8) is 0 Å². The van der Waals surface area contributed by atoms with Crippen molar-refractivity contribution < 1.29 is 14.1 Å². The summed E-state index contributed by atoms with van der Waals surface area (Å²) in [6, 6.07) is 9.95. The van der Waals surface area contributed by atoms with Crippen molar-refractivity contribution in [1.29, 1.82) is 0 Å². The predicted molar refractivity (Wildman–Crippen MR) is 115 cm³/mol. The topological polar surface area (TPSA) is 81.7 Å². The molecule has 0 amide bonds. The summed E-state index contributed by atoms with van der Waals surface area (Å²) in [4.78, 5) is 16.9. The Bertz CT molecular complexity index is 1230. The zero-order valence-electron chi connectivity index (χ0n) is 17.1. The van der Waals surface area contributed by atoms with E-state index in [1.807, 2.05) is 29.7 Å². The molecule has 0 spiro atoms. The lowest BCUT2D eigenvalue weighted by atomic mass is 9.95. The second-order valence-corrected chi connectivity index (χ2v) is 7.90. The molecule has 5 rings (SSSR count). The van der Waals surface area contributed by atoms with Crippen molar-refractivity contribution in [1.82, 2.24) is 14.5 Å². The molecule has 7 nitrogen and oxygen atoms in total. The van der Waals surface area contributed by atoms with Gasteiger partial charge in [0.1, 0.15) is 17.2 Å². The van der Waals surface area contributed by atoms with Crippen LogP contribution >= 0.6 is 0 Å². The van der Waals surface area contributed by atoms with Gasteiger partial charge in [0.25, 0.3) is 0 Å². The molecule has 154 valence electrons. The van der Waals surface area contributed by atoms with Gasteiger partial charge in [0.2, 0.25) is 0 Å². The highest BCUT2D eigenvalue weighted by molar-refractivity contribution is 5.91. The minimum Gasteiger partial charge on any atom is -0.465 e. The van der Waals surface area contributed by atoms with Crippen LogP contribution in [-0.4, -0.2) is 33.7 Å². The maximum atomic E-state index is 12.0. The third-order valence-electron chi connectivity index (χ3n) is 5.92. The van der Waals surface area contributed by atoms with Gasteiger partial charge in [0.05, 0.1) is 18.4 Å². The number of imidazole rings is 1. The molecule has 1 fully saturated rings. The van der Waals surface area contributed by atoms with E-state index in [0.29, 0.717) is 17.3 Å². The fourth-order valence-electron chi connectivity index (χ4n) is 4.28. The molecular weight excluding hydrogens is 380 g/mol. The van der Waals surface area contributed by atoms with Crippen molar-refractivity contribution in [3.8, 4) is 11.3 Å². The highest BCUT2D eigenvalue weighted by Crippen LogP contribution is 2.34. The van der Waals surface area contributed by atoms with Crippen LogP contribution in [0.5, 0.6) is 0 Å². The average Bonchev–Trinajstić information content (AvgIpc) is 3.33. The van der Waals surface area contributed by atoms with Crippen LogP contribution in [0.2, 0.25) is 0 Å². The Morgan fingerprint density at radius 3 is 2.83 bits per heavy atom. The number of fused-ring (bicyclic) bond motifs is 2. The number of nitrogens with one attached hydrogen (secondary N) is 1. The lowest BCUT2D eigenvalue weighted by Gasteiger charge is -2.24. The number of pyridine rings is 1. The van der Waals surface area contributed by atoms with Crippen molar-refractivity contribution in [3.05, 3.63) is 47.8 Å². The number of aromatic nitrogens is 3. The van der Waals surface area contributed by atoms with E-state index in [1.165, 1.54) is 26.4 Å². The number of benzene rings is 1. The van der Waals surface area contributed by atoms with Crippen LogP contribution in [0.15, 0.2) is 41.1 Å². The Labute approximate surface area is 174 Å². The Balaban J connectivity index is 1.66. The average molecular weight is 404 g/mol. The molecule has 7 heteroatoms. The molecule has 0 radical (unpaired) electrons. The number of aryl methyl sites for hydroxylation is 1. The van der Waals surface area contributed by atoms with Crippen molar-refractivity contribution in [2.24, 2.45) is 0 Å². The molecule has 1 aliphatic carbocycles. The zero-order valence-corrected chi connectivity index (χ0v) is 17.1. The van der Waals surface area contributed by atoms with Crippen LogP contribution in [0.3, 0.4) is 0 Å². The number of anilines is 1. The van der Waals surface area contributed by atoms with E-state index in [0.717, 1.165) is 46.6 Å². The second kappa shape index (κ2) is 7.48. The molecule has 0 bridgehead atoms. The summed E-state index contributed by atoms with van der Waals surface area (Å²) in [5.74, 6) is 0.576. The molecule has 0 saturated heterocycles. The quantitative estimate of drug-likeness (QED) is 0.483. The van der Waals surface area contributed by atoms with Gasteiger partial charge in [-0.1, -0.05) is 24.4 Å². The van der Waals surface area contributed by atoms with E-state index < -0.39 is 0 Å². The van der Waals surface area contributed by atoms with Crippen molar-refractivity contribution in [2.45, 2.75) is 45.1 Å². The van der Waals surface area contributed by atoms with Gasteiger partial charge in [-0.25, -0.2) is 9.78 Å². The lowest BCUT2D eigenvalue weighted by molar-refractivity contribution is 0.0600. The van der Waals surface area contributed by atoms with Crippen LogP contribution in [0, 0.1) is 6.92 Å². The van der Waals surface area contributed by atoms with Crippen LogP contribution in [0.25, 0.3) is 27.9 Å². The molecule has 0 atom stereocenters. The highest BCUT2D eigenvalue weighted by Gasteiger charge is 2.21. The summed E-state index contributed by atoms with van der Waals surface area (Å²) in [5, 5.41) is 8.77. The van der Waals surface area contributed by atoms with Crippen molar-refractivity contribution in [2.75, 3.05) is 12.4 Å². The molecule has 1 aliphatic rings. The van der Waals surface area contributed by atoms with E-state index in [9.17, 15) is 4.79 Å². The van der Waals surface area contributed by atoms with Gasteiger partial charge in [-0.3, -0.25) is 4.40 Å². The minimum atomic E-state index is -0.370. The molecule has 4 aromatic rings. The first-order valence-electron chi connectivity index (χ1n) is 10.4. The smallest absolute Gasteiger partial charge is 0.338 e. The predicted octanol–water partition coefficient (Wildman–Crippen LogP) is 4.98. The first-order valence-corrected chi connectivity index (χ1v) is 10.4. The number of ether oxygens (including phenoxy) is 1. The van der Waals surface area contributed by atoms with E-state index >= 15 is 0 Å². The normalized spacial score (nSPS) is 15.0. The van der Waals surface area contributed by atoms with Crippen molar-refractivity contribution >= 4 is 28.4 Å². The number of nitrogens with zero attached hydrogens (tertiary/aromatic N) is 3. The Hall–Kier alpha value is -3.35. The van der Waals surface area contributed by atoms with Crippen LogP contribution in [0.4, 0.5) is 5.82 Å². The number of carbonyl (C=O) groups is 1. The Kier molecular flexibility index (Phi) is 4.65. The van der Waals surface area contributed by atoms with E-state index in [-0.39, 0.29) is 5.97 Å². The summed E-state index contributed by atoms with van der Waals surface area (Å²) < 4.78 is 12.2. The second-order valence-electron chi connectivity index (χ2n) is 7.90. The standard InChI is InChI=1S/C23H24N4O3/c1-14-18-12-15(8-9-19(18)30-26-14)21-22(24-17-6-4-3-5-7-17)27-11-10-16(23(28)29-2)13-20(27)25-21/h8-13,17,24H,3-7H2,1-2H3. The molecule has 1 aromatic carbocycles.